The summed E-state index contributed by atoms with van der Waals surface area (Å²) >= 11 is 0. The molecule has 3 rings (SSSR count). The van der Waals surface area contributed by atoms with E-state index in [4.69, 9.17) is 0 Å². The van der Waals surface area contributed by atoms with Crippen LogP contribution < -0.4 is 0 Å². The zero-order valence-electron chi connectivity index (χ0n) is 11.4. The number of carbonyl (C=O) groups is 1. The zero-order valence-corrected chi connectivity index (χ0v) is 11.4. The number of para-hydroxylation sites is 1. The van der Waals surface area contributed by atoms with Crippen molar-refractivity contribution in [2.75, 3.05) is 13.1 Å². The predicted molar refractivity (Wildman–Crippen MR) is 77.1 cm³/mol. The average molecular weight is 256 g/mol. The van der Waals surface area contributed by atoms with E-state index in [1.165, 1.54) is 17.4 Å². The Labute approximate surface area is 113 Å². The van der Waals surface area contributed by atoms with Crippen LogP contribution in [0.4, 0.5) is 0 Å². The van der Waals surface area contributed by atoms with Crippen LogP contribution in [0.15, 0.2) is 30.5 Å². The van der Waals surface area contributed by atoms with Crippen LogP contribution in [0.2, 0.25) is 0 Å². The maximum Gasteiger partial charge on any atom is 0.242 e. The number of aromatic nitrogens is 1. The van der Waals surface area contributed by atoms with Crippen LogP contribution in [0, 0.1) is 6.92 Å². The van der Waals surface area contributed by atoms with Crippen molar-refractivity contribution in [2.45, 2.75) is 32.7 Å². The highest BCUT2D eigenvalue weighted by molar-refractivity contribution is 5.86. The summed E-state index contributed by atoms with van der Waals surface area (Å²) in [5.41, 5.74) is 2.40. The van der Waals surface area contributed by atoms with Crippen molar-refractivity contribution in [2.24, 2.45) is 0 Å². The van der Waals surface area contributed by atoms with E-state index in [0.717, 1.165) is 31.4 Å². The summed E-state index contributed by atoms with van der Waals surface area (Å²) in [5, 5.41) is 1.24. The lowest BCUT2D eigenvalue weighted by Gasteiger charge is -2.27. The number of nitrogens with zero attached hydrogens (tertiary/aromatic N) is 2. The molecule has 3 nitrogen and oxygen atoms in total. The number of fused-ring (bicyclic) bond motifs is 1. The van der Waals surface area contributed by atoms with Crippen molar-refractivity contribution in [1.82, 2.24) is 9.47 Å². The summed E-state index contributed by atoms with van der Waals surface area (Å²) in [7, 11) is 0. The summed E-state index contributed by atoms with van der Waals surface area (Å²) in [6, 6.07) is 8.29. The molecule has 100 valence electrons. The van der Waals surface area contributed by atoms with Gasteiger partial charge in [0, 0.05) is 30.2 Å². The van der Waals surface area contributed by atoms with E-state index in [1.807, 2.05) is 17.0 Å². The second-order valence-electron chi connectivity index (χ2n) is 5.40. The van der Waals surface area contributed by atoms with Crippen LogP contribution in [0.1, 0.15) is 24.8 Å². The van der Waals surface area contributed by atoms with Gasteiger partial charge in [0.1, 0.15) is 6.54 Å². The van der Waals surface area contributed by atoms with Crippen LogP contribution >= 0.6 is 0 Å². The highest BCUT2D eigenvalue weighted by Gasteiger charge is 2.17. The molecule has 0 saturated carbocycles. The summed E-state index contributed by atoms with van der Waals surface area (Å²) in [6.45, 7) is 4.42. The van der Waals surface area contributed by atoms with Gasteiger partial charge in [-0.3, -0.25) is 4.79 Å². The molecule has 0 unspecified atom stereocenters. The van der Waals surface area contributed by atoms with E-state index < -0.39 is 0 Å². The van der Waals surface area contributed by atoms with Gasteiger partial charge in [0.2, 0.25) is 5.91 Å². The van der Waals surface area contributed by atoms with Crippen molar-refractivity contribution in [3.05, 3.63) is 36.0 Å². The number of amides is 1. The molecule has 1 aliphatic heterocycles. The molecular weight excluding hydrogens is 236 g/mol. The number of aryl methyl sites for hydroxylation is 1. The van der Waals surface area contributed by atoms with Gasteiger partial charge in [-0.1, -0.05) is 18.2 Å². The summed E-state index contributed by atoms with van der Waals surface area (Å²) < 4.78 is 2.08. The Morgan fingerprint density at radius 2 is 1.89 bits per heavy atom. The molecule has 0 spiro atoms. The largest absolute Gasteiger partial charge is 0.341 e. The van der Waals surface area contributed by atoms with Gasteiger partial charge in [-0.05, 0) is 37.8 Å². The Morgan fingerprint density at radius 1 is 1.16 bits per heavy atom. The first-order valence-electron chi connectivity index (χ1n) is 7.08. The molecule has 0 atom stereocenters. The van der Waals surface area contributed by atoms with Gasteiger partial charge in [-0.25, -0.2) is 0 Å². The Bertz CT molecular complexity index is 594. The number of piperidine rings is 1. The molecule has 0 N–H and O–H groups in total. The van der Waals surface area contributed by atoms with Crippen molar-refractivity contribution in [1.29, 1.82) is 0 Å². The lowest BCUT2D eigenvalue weighted by Crippen LogP contribution is -2.37. The first kappa shape index (κ1) is 12.3. The van der Waals surface area contributed by atoms with Gasteiger partial charge in [0.25, 0.3) is 0 Å². The van der Waals surface area contributed by atoms with E-state index in [9.17, 15) is 4.79 Å². The predicted octanol–water partition coefficient (Wildman–Crippen LogP) is 2.96. The average Bonchev–Trinajstić information content (AvgIpc) is 2.77. The lowest BCUT2D eigenvalue weighted by molar-refractivity contribution is -0.132. The van der Waals surface area contributed by atoms with Crippen LogP contribution in [-0.4, -0.2) is 28.5 Å². The van der Waals surface area contributed by atoms with Gasteiger partial charge in [0.05, 0.1) is 0 Å². The SMILES string of the molecule is Cc1cn(CC(=O)N2CCCCC2)c2ccccc12. The van der Waals surface area contributed by atoms with Crippen LogP contribution in [0.3, 0.4) is 0 Å². The van der Waals surface area contributed by atoms with Crippen molar-refractivity contribution in [3.8, 4) is 0 Å². The highest BCUT2D eigenvalue weighted by Crippen LogP contribution is 2.20. The molecule has 3 heteroatoms. The zero-order chi connectivity index (χ0) is 13.2. The Hall–Kier alpha value is -1.77. The third-order valence-electron chi connectivity index (χ3n) is 4.00. The minimum Gasteiger partial charge on any atom is -0.341 e. The van der Waals surface area contributed by atoms with E-state index in [0.29, 0.717) is 6.54 Å². The summed E-state index contributed by atoms with van der Waals surface area (Å²) in [5.74, 6) is 0.250. The molecule has 2 aromatic rings. The second-order valence-corrected chi connectivity index (χ2v) is 5.40. The maximum absolute atomic E-state index is 12.3. The minimum absolute atomic E-state index is 0.250. The Kier molecular flexibility index (Phi) is 3.28. The van der Waals surface area contributed by atoms with Crippen LogP contribution in [0.5, 0.6) is 0 Å². The fourth-order valence-corrected chi connectivity index (χ4v) is 2.95. The number of rotatable bonds is 2. The smallest absolute Gasteiger partial charge is 0.242 e. The number of benzene rings is 1. The van der Waals surface area contributed by atoms with Gasteiger partial charge in [0.15, 0.2) is 0 Å². The van der Waals surface area contributed by atoms with E-state index in [1.54, 1.807) is 0 Å². The third-order valence-corrected chi connectivity index (χ3v) is 4.00. The number of likely N-dealkylation sites (tertiary alicyclic amines) is 1. The monoisotopic (exact) mass is 256 g/mol. The Morgan fingerprint density at radius 3 is 2.68 bits per heavy atom. The molecule has 1 amide bonds. The fraction of sp³-hybridized carbons (Fsp3) is 0.438. The molecule has 1 aromatic carbocycles. The van der Waals surface area contributed by atoms with E-state index in [2.05, 4.69) is 29.8 Å². The van der Waals surface area contributed by atoms with Crippen LogP contribution in [0.25, 0.3) is 10.9 Å². The Balaban J connectivity index is 1.83. The molecule has 0 bridgehead atoms. The molecule has 0 radical (unpaired) electrons. The molecular formula is C16H20N2O. The molecule has 1 aromatic heterocycles. The second kappa shape index (κ2) is 5.08. The minimum atomic E-state index is 0.250. The fourth-order valence-electron chi connectivity index (χ4n) is 2.95. The quantitative estimate of drug-likeness (QED) is 0.811. The highest BCUT2D eigenvalue weighted by atomic mass is 16.2. The molecule has 19 heavy (non-hydrogen) atoms. The summed E-state index contributed by atoms with van der Waals surface area (Å²) in [6.07, 6.45) is 5.65. The summed E-state index contributed by atoms with van der Waals surface area (Å²) in [4.78, 5) is 14.3. The molecule has 1 saturated heterocycles. The van der Waals surface area contributed by atoms with Crippen molar-refractivity contribution >= 4 is 16.8 Å². The van der Waals surface area contributed by atoms with Crippen LogP contribution in [-0.2, 0) is 11.3 Å². The molecule has 1 fully saturated rings. The number of hydrogen-bond donors (Lipinski definition) is 0. The van der Waals surface area contributed by atoms with E-state index >= 15 is 0 Å². The first-order chi connectivity index (χ1) is 9.25. The number of hydrogen-bond acceptors (Lipinski definition) is 1. The van der Waals surface area contributed by atoms with Gasteiger partial charge in [-0.15, -0.1) is 0 Å². The van der Waals surface area contributed by atoms with Crippen molar-refractivity contribution in [3.63, 3.8) is 0 Å². The molecule has 2 heterocycles. The van der Waals surface area contributed by atoms with Gasteiger partial charge < -0.3 is 9.47 Å². The topological polar surface area (TPSA) is 25.2 Å². The van der Waals surface area contributed by atoms with Crippen molar-refractivity contribution < 1.29 is 4.79 Å². The third kappa shape index (κ3) is 2.37. The standard InChI is InChI=1S/C16H20N2O/c1-13-11-18(15-8-4-3-7-14(13)15)12-16(19)17-9-5-2-6-10-17/h3-4,7-8,11H,2,5-6,9-10,12H2,1H3. The van der Waals surface area contributed by atoms with Gasteiger partial charge >= 0.3 is 0 Å². The first-order valence-corrected chi connectivity index (χ1v) is 7.08. The lowest BCUT2D eigenvalue weighted by atomic mass is 10.1. The molecule has 0 aliphatic carbocycles. The molecule has 1 aliphatic rings. The number of carbonyl (C=O) groups excluding carboxylic acids is 1. The normalized spacial score (nSPS) is 15.9. The maximum atomic E-state index is 12.3. The van der Waals surface area contributed by atoms with Gasteiger partial charge in [-0.2, -0.15) is 0 Å². The van der Waals surface area contributed by atoms with E-state index in [-0.39, 0.29) is 5.91 Å².